The molecule has 2 atom stereocenters. The van der Waals surface area contributed by atoms with Gasteiger partial charge in [0.05, 0.1) is 9.90 Å². The summed E-state index contributed by atoms with van der Waals surface area (Å²) < 4.78 is 44.2. The Morgan fingerprint density at radius 1 is 1.37 bits per heavy atom. The molecular weight excluding hydrogens is 399 g/mol. The van der Waals surface area contributed by atoms with Gasteiger partial charge in [0.25, 0.3) is 6.02 Å². The van der Waals surface area contributed by atoms with E-state index < -0.39 is 30.3 Å². The Morgan fingerprint density at radius 3 is 2.78 bits per heavy atom. The molecule has 0 radical (unpaired) electrons. The zero-order valence-corrected chi connectivity index (χ0v) is 16.0. The van der Waals surface area contributed by atoms with Crippen LogP contribution < -0.4 is 5.73 Å². The van der Waals surface area contributed by atoms with Crippen LogP contribution in [0, 0.1) is 11.8 Å². The summed E-state index contributed by atoms with van der Waals surface area (Å²) in [5.74, 6) is 5.71. The van der Waals surface area contributed by atoms with Crippen LogP contribution in [0.4, 0.5) is 13.2 Å². The van der Waals surface area contributed by atoms with Crippen molar-refractivity contribution < 1.29 is 17.9 Å². The Balaban J connectivity index is 2.02. The molecule has 9 heteroatoms. The lowest BCUT2D eigenvalue weighted by Gasteiger charge is -2.35. The van der Waals surface area contributed by atoms with Gasteiger partial charge in [0.2, 0.25) is 0 Å². The number of ether oxygens (including phenoxy) is 1. The number of nitrogens with two attached hydrogens (primary N) is 1. The fourth-order valence-corrected chi connectivity index (χ4v) is 4.48. The summed E-state index contributed by atoms with van der Waals surface area (Å²) in [4.78, 5) is 9.52. The smallest absolute Gasteiger partial charge is 0.425 e. The van der Waals surface area contributed by atoms with Crippen molar-refractivity contribution in [3.05, 3.63) is 40.0 Å². The quantitative estimate of drug-likeness (QED) is 0.725. The van der Waals surface area contributed by atoms with Gasteiger partial charge >= 0.3 is 6.18 Å². The average molecular weight is 414 g/mol. The Kier molecular flexibility index (Phi) is 5.10. The first-order valence-corrected chi connectivity index (χ1v) is 9.08. The summed E-state index contributed by atoms with van der Waals surface area (Å²) in [6.45, 7) is 3.29. The summed E-state index contributed by atoms with van der Waals surface area (Å²) in [7, 11) is 0. The van der Waals surface area contributed by atoms with Crippen molar-refractivity contribution in [3.63, 3.8) is 0 Å². The topological polar surface area (TPSA) is 60.5 Å². The van der Waals surface area contributed by atoms with Crippen LogP contribution in [0.2, 0.25) is 5.02 Å². The maximum absolute atomic E-state index is 13.2. The summed E-state index contributed by atoms with van der Waals surface area (Å²) in [5.41, 5.74) is 5.79. The van der Waals surface area contributed by atoms with Crippen LogP contribution >= 0.6 is 22.9 Å². The largest absolute Gasteiger partial charge is 0.452 e. The number of hydrogen-bond donors (Lipinski definition) is 1. The predicted molar refractivity (Wildman–Crippen MR) is 99.6 cm³/mol. The molecule has 0 fully saturated rings. The van der Waals surface area contributed by atoms with Crippen molar-refractivity contribution in [2.24, 2.45) is 10.7 Å². The minimum absolute atomic E-state index is 0.323. The van der Waals surface area contributed by atoms with Gasteiger partial charge in [-0.3, -0.25) is 4.98 Å². The minimum atomic E-state index is -4.55. The molecule has 2 N–H and O–H groups in total. The van der Waals surface area contributed by atoms with E-state index >= 15 is 0 Å². The zero-order chi connectivity index (χ0) is 19.8. The van der Waals surface area contributed by atoms with Crippen molar-refractivity contribution in [1.29, 1.82) is 0 Å². The van der Waals surface area contributed by atoms with Gasteiger partial charge in [-0.05, 0) is 26.0 Å². The molecule has 3 heterocycles. The third kappa shape index (κ3) is 4.04. The third-order valence-electron chi connectivity index (χ3n) is 4.04. The van der Waals surface area contributed by atoms with E-state index in [4.69, 9.17) is 17.3 Å². The standard InChI is InChI=1S/C18H15ClF3N3OS/c1-3-4-10-5-11(9-24-8-10)13-6-12(19)15(27-13)17(2)7-14(18(20,21)22)26-16(23)25-17/h5-6,8-9,14H,7H2,1-2H3,(H2,23,25)/t14-,17-/m0/s1. The molecule has 0 aromatic carbocycles. The molecule has 2 aromatic heterocycles. The van der Waals surface area contributed by atoms with Gasteiger partial charge < -0.3 is 10.5 Å². The maximum atomic E-state index is 13.2. The normalized spacial score (nSPS) is 22.4. The molecular formula is C18H15ClF3N3OS. The highest BCUT2D eigenvalue weighted by atomic mass is 35.5. The Morgan fingerprint density at radius 2 is 2.11 bits per heavy atom. The number of thiophene rings is 1. The number of alkyl halides is 3. The van der Waals surface area contributed by atoms with Crippen molar-refractivity contribution in [1.82, 2.24) is 4.98 Å². The van der Waals surface area contributed by atoms with Crippen LogP contribution in [0.3, 0.4) is 0 Å². The van der Waals surface area contributed by atoms with Gasteiger partial charge in [0, 0.05) is 34.8 Å². The molecule has 142 valence electrons. The van der Waals surface area contributed by atoms with E-state index in [0.717, 1.165) is 16.0 Å². The maximum Gasteiger partial charge on any atom is 0.425 e. The lowest BCUT2D eigenvalue weighted by Crippen LogP contribution is -2.45. The van der Waals surface area contributed by atoms with E-state index in [-0.39, 0.29) is 0 Å². The van der Waals surface area contributed by atoms with Gasteiger partial charge in [-0.2, -0.15) is 13.2 Å². The van der Waals surface area contributed by atoms with Crippen molar-refractivity contribution in [2.45, 2.75) is 38.1 Å². The van der Waals surface area contributed by atoms with E-state index in [1.807, 2.05) is 6.07 Å². The second kappa shape index (κ2) is 7.06. The molecule has 0 unspecified atom stereocenters. The van der Waals surface area contributed by atoms with Gasteiger partial charge in [-0.25, -0.2) is 4.99 Å². The monoisotopic (exact) mass is 413 g/mol. The number of nitrogens with zero attached hydrogens (tertiary/aromatic N) is 2. The molecule has 27 heavy (non-hydrogen) atoms. The summed E-state index contributed by atoms with van der Waals surface area (Å²) in [6, 6.07) is 3.04. The van der Waals surface area contributed by atoms with Crippen molar-refractivity contribution in [2.75, 3.05) is 0 Å². The predicted octanol–water partition coefficient (Wildman–Crippen LogP) is 4.72. The lowest BCUT2D eigenvalue weighted by molar-refractivity contribution is -0.208. The number of aromatic nitrogens is 1. The van der Waals surface area contributed by atoms with Gasteiger partial charge in [-0.1, -0.05) is 17.5 Å². The number of halogens is 4. The second-order valence-corrected chi connectivity index (χ2v) is 7.66. The number of aliphatic imine (C=N–C) groups is 1. The summed E-state index contributed by atoms with van der Waals surface area (Å²) in [5, 5.41) is 0.323. The molecule has 0 bridgehead atoms. The first-order chi connectivity index (χ1) is 12.6. The molecule has 0 aliphatic carbocycles. The summed E-state index contributed by atoms with van der Waals surface area (Å²) >= 11 is 7.61. The van der Waals surface area contributed by atoms with Crippen LogP contribution in [0.25, 0.3) is 10.4 Å². The minimum Gasteiger partial charge on any atom is -0.452 e. The fourth-order valence-electron chi connectivity index (χ4n) is 2.86. The Bertz CT molecular complexity index is 961. The molecule has 1 aliphatic rings. The summed E-state index contributed by atoms with van der Waals surface area (Å²) in [6.07, 6.45) is -3.71. The van der Waals surface area contributed by atoms with Gasteiger partial charge in [0.15, 0.2) is 6.10 Å². The molecule has 3 rings (SSSR count). The Hall–Kier alpha value is -2.24. The molecule has 2 aromatic rings. The highest BCUT2D eigenvalue weighted by molar-refractivity contribution is 7.16. The third-order valence-corrected chi connectivity index (χ3v) is 5.88. The molecule has 4 nitrogen and oxygen atoms in total. The highest BCUT2D eigenvalue weighted by Gasteiger charge is 2.50. The van der Waals surface area contributed by atoms with E-state index in [1.54, 1.807) is 32.3 Å². The van der Waals surface area contributed by atoms with Crippen LogP contribution in [0.15, 0.2) is 29.5 Å². The van der Waals surface area contributed by atoms with E-state index in [0.29, 0.717) is 9.90 Å². The zero-order valence-electron chi connectivity index (χ0n) is 14.4. The Labute approximate surface area is 163 Å². The van der Waals surface area contributed by atoms with Crippen LogP contribution in [-0.2, 0) is 10.3 Å². The lowest BCUT2D eigenvalue weighted by atomic mass is 9.92. The molecule has 0 spiro atoms. The van der Waals surface area contributed by atoms with E-state index in [2.05, 4.69) is 26.6 Å². The van der Waals surface area contributed by atoms with Crippen LogP contribution in [0.1, 0.15) is 30.7 Å². The van der Waals surface area contributed by atoms with Crippen molar-refractivity contribution >= 4 is 29.0 Å². The first kappa shape index (κ1) is 19.5. The van der Waals surface area contributed by atoms with Gasteiger partial charge in [-0.15, -0.1) is 17.3 Å². The highest BCUT2D eigenvalue weighted by Crippen LogP contribution is 2.47. The second-order valence-electron chi connectivity index (χ2n) is 6.20. The number of rotatable bonds is 2. The SMILES string of the molecule is CC#Cc1cncc(-c2cc(Cl)c([C@]3(C)C[C@@H](C(F)(F)F)OC(N)=N3)s2)c1. The fraction of sp³-hybridized carbons (Fsp3) is 0.333. The average Bonchev–Trinajstić information content (AvgIpc) is 2.97. The number of hydrogen-bond acceptors (Lipinski definition) is 5. The number of pyridine rings is 1. The molecule has 0 amide bonds. The first-order valence-electron chi connectivity index (χ1n) is 7.89. The van der Waals surface area contributed by atoms with Crippen LogP contribution in [0.5, 0.6) is 0 Å². The molecule has 1 aliphatic heterocycles. The van der Waals surface area contributed by atoms with Gasteiger partial charge in [0.1, 0.15) is 5.54 Å². The molecule has 0 saturated carbocycles. The van der Waals surface area contributed by atoms with Crippen molar-refractivity contribution in [3.8, 4) is 22.3 Å². The number of amidine groups is 1. The van der Waals surface area contributed by atoms with E-state index in [1.165, 1.54) is 11.3 Å². The van der Waals surface area contributed by atoms with Crippen LogP contribution in [-0.4, -0.2) is 23.3 Å². The van der Waals surface area contributed by atoms with E-state index in [9.17, 15) is 13.2 Å². The molecule has 0 saturated heterocycles.